The Labute approximate surface area is 111 Å². The number of halogens is 1. The fourth-order valence-corrected chi connectivity index (χ4v) is 2.15. The fraction of sp³-hybridized carbons (Fsp3) is 0.385. The van der Waals surface area contributed by atoms with Gasteiger partial charge in [-0.1, -0.05) is 29.8 Å². The van der Waals surface area contributed by atoms with E-state index in [2.05, 4.69) is 10.6 Å². The fourth-order valence-electron chi connectivity index (χ4n) is 1.95. The van der Waals surface area contributed by atoms with Gasteiger partial charge in [0.05, 0.1) is 0 Å². The van der Waals surface area contributed by atoms with Gasteiger partial charge in [0.1, 0.15) is 6.04 Å². The quantitative estimate of drug-likeness (QED) is 0.874. The number of hydrogen-bond donors (Lipinski definition) is 2. The van der Waals surface area contributed by atoms with Crippen LogP contribution < -0.4 is 10.6 Å². The Balaban J connectivity index is 1.88. The number of carbonyl (C=O) groups is 2. The van der Waals surface area contributed by atoms with Crippen LogP contribution in [0.25, 0.3) is 0 Å². The Kier molecular flexibility index (Phi) is 4.20. The van der Waals surface area contributed by atoms with Crippen molar-refractivity contribution >= 4 is 23.4 Å². The first-order valence-corrected chi connectivity index (χ1v) is 6.35. The number of piperidine rings is 1. The Morgan fingerprint density at radius 3 is 2.94 bits per heavy atom. The van der Waals surface area contributed by atoms with Gasteiger partial charge in [-0.15, -0.1) is 0 Å². The lowest BCUT2D eigenvalue weighted by molar-refractivity contribution is -0.131. The lowest BCUT2D eigenvalue weighted by Gasteiger charge is -2.22. The summed E-state index contributed by atoms with van der Waals surface area (Å²) in [7, 11) is 0. The molecule has 1 heterocycles. The smallest absolute Gasteiger partial charge is 0.242 e. The second-order valence-electron chi connectivity index (χ2n) is 4.32. The van der Waals surface area contributed by atoms with Gasteiger partial charge < -0.3 is 10.6 Å². The van der Waals surface area contributed by atoms with Gasteiger partial charge in [-0.25, -0.2) is 0 Å². The van der Waals surface area contributed by atoms with Gasteiger partial charge in [-0.3, -0.25) is 9.59 Å². The van der Waals surface area contributed by atoms with Crippen LogP contribution in [-0.2, 0) is 16.1 Å². The molecule has 96 valence electrons. The van der Waals surface area contributed by atoms with Crippen LogP contribution in [0.2, 0.25) is 5.02 Å². The normalized spacial score (nSPS) is 19.2. The minimum Gasteiger partial charge on any atom is -0.350 e. The summed E-state index contributed by atoms with van der Waals surface area (Å²) < 4.78 is 0. The molecule has 1 aromatic carbocycles. The van der Waals surface area contributed by atoms with E-state index in [1.54, 1.807) is 6.07 Å². The number of benzene rings is 1. The summed E-state index contributed by atoms with van der Waals surface area (Å²) in [6, 6.07) is 6.95. The third kappa shape index (κ3) is 3.23. The molecule has 4 nitrogen and oxygen atoms in total. The molecule has 2 rings (SSSR count). The molecule has 5 heteroatoms. The minimum atomic E-state index is -0.409. The van der Waals surface area contributed by atoms with Crippen molar-refractivity contribution in [3.63, 3.8) is 0 Å². The maximum absolute atomic E-state index is 11.9. The van der Waals surface area contributed by atoms with Crippen molar-refractivity contribution in [1.82, 2.24) is 10.6 Å². The SMILES string of the molecule is O=C1CCCC(C(=O)NCc2ccccc2Cl)N1. The maximum Gasteiger partial charge on any atom is 0.242 e. The summed E-state index contributed by atoms with van der Waals surface area (Å²) in [5.74, 6) is -0.206. The summed E-state index contributed by atoms with van der Waals surface area (Å²) >= 11 is 6.00. The van der Waals surface area contributed by atoms with Gasteiger partial charge in [0.2, 0.25) is 11.8 Å². The third-order valence-corrected chi connectivity index (χ3v) is 3.33. The van der Waals surface area contributed by atoms with Crippen molar-refractivity contribution in [3.05, 3.63) is 34.9 Å². The number of carbonyl (C=O) groups excluding carboxylic acids is 2. The van der Waals surface area contributed by atoms with E-state index in [0.29, 0.717) is 24.4 Å². The largest absolute Gasteiger partial charge is 0.350 e. The first kappa shape index (κ1) is 12.9. The molecule has 1 aliphatic heterocycles. The second-order valence-corrected chi connectivity index (χ2v) is 4.73. The summed E-state index contributed by atoms with van der Waals surface area (Å²) in [6.07, 6.45) is 1.96. The zero-order chi connectivity index (χ0) is 13.0. The molecule has 1 saturated heterocycles. The molecule has 1 unspecified atom stereocenters. The first-order chi connectivity index (χ1) is 8.66. The Bertz CT molecular complexity index is 462. The second kappa shape index (κ2) is 5.87. The number of amides is 2. The van der Waals surface area contributed by atoms with E-state index in [-0.39, 0.29) is 11.8 Å². The van der Waals surface area contributed by atoms with E-state index >= 15 is 0 Å². The number of rotatable bonds is 3. The van der Waals surface area contributed by atoms with Crippen LogP contribution in [0.4, 0.5) is 0 Å². The van der Waals surface area contributed by atoms with Crippen LogP contribution in [0.5, 0.6) is 0 Å². The maximum atomic E-state index is 11.9. The topological polar surface area (TPSA) is 58.2 Å². The Morgan fingerprint density at radius 2 is 2.22 bits per heavy atom. The average Bonchev–Trinajstić information content (AvgIpc) is 2.37. The Hall–Kier alpha value is -1.55. The zero-order valence-corrected chi connectivity index (χ0v) is 10.7. The molecule has 2 amide bonds. The predicted molar refractivity (Wildman–Crippen MR) is 69.1 cm³/mol. The molecule has 1 aromatic rings. The van der Waals surface area contributed by atoms with E-state index in [9.17, 15) is 9.59 Å². The summed E-state index contributed by atoms with van der Waals surface area (Å²) in [6.45, 7) is 0.380. The van der Waals surface area contributed by atoms with E-state index in [0.717, 1.165) is 12.0 Å². The first-order valence-electron chi connectivity index (χ1n) is 5.97. The molecule has 0 radical (unpaired) electrons. The lowest BCUT2D eigenvalue weighted by atomic mass is 10.0. The molecule has 0 aromatic heterocycles. The van der Waals surface area contributed by atoms with Crippen molar-refractivity contribution in [2.24, 2.45) is 0 Å². The summed E-state index contributed by atoms with van der Waals surface area (Å²) in [5, 5.41) is 6.11. The van der Waals surface area contributed by atoms with E-state index in [1.807, 2.05) is 18.2 Å². The van der Waals surface area contributed by atoms with Crippen molar-refractivity contribution in [2.45, 2.75) is 31.8 Å². The van der Waals surface area contributed by atoms with E-state index < -0.39 is 6.04 Å². The highest BCUT2D eigenvalue weighted by atomic mass is 35.5. The van der Waals surface area contributed by atoms with Crippen molar-refractivity contribution in [2.75, 3.05) is 0 Å². The van der Waals surface area contributed by atoms with Crippen LogP contribution >= 0.6 is 11.6 Å². The molecule has 1 atom stereocenters. The average molecular weight is 267 g/mol. The van der Waals surface area contributed by atoms with Gasteiger partial charge in [-0.05, 0) is 24.5 Å². The zero-order valence-electron chi connectivity index (χ0n) is 9.91. The van der Waals surface area contributed by atoms with Gasteiger partial charge in [0.25, 0.3) is 0 Å². The van der Waals surface area contributed by atoms with Crippen LogP contribution in [0.3, 0.4) is 0 Å². The molecule has 0 spiro atoms. The Morgan fingerprint density at radius 1 is 1.44 bits per heavy atom. The molecule has 18 heavy (non-hydrogen) atoms. The minimum absolute atomic E-state index is 0.0563. The molecule has 0 bridgehead atoms. The van der Waals surface area contributed by atoms with Crippen LogP contribution in [0, 0.1) is 0 Å². The van der Waals surface area contributed by atoms with Crippen LogP contribution in [0.15, 0.2) is 24.3 Å². The molecule has 0 saturated carbocycles. The van der Waals surface area contributed by atoms with E-state index in [1.165, 1.54) is 0 Å². The summed E-state index contributed by atoms with van der Waals surface area (Å²) in [5.41, 5.74) is 0.870. The lowest BCUT2D eigenvalue weighted by Crippen LogP contribution is -2.48. The third-order valence-electron chi connectivity index (χ3n) is 2.96. The summed E-state index contributed by atoms with van der Waals surface area (Å²) in [4.78, 5) is 23.1. The van der Waals surface area contributed by atoms with Gasteiger partial charge in [-0.2, -0.15) is 0 Å². The van der Waals surface area contributed by atoms with Gasteiger partial charge in [0.15, 0.2) is 0 Å². The highest BCUT2D eigenvalue weighted by Crippen LogP contribution is 2.14. The predicted octanol–water partition coefficient (Wildman–Crippen LogP) is 1.62. The van der Waals surface area contributed by atoms with Crippen LogP contribution in [0.1, 0.15) is 24.8 Å². The van der Waals surface area contributed by atoms with Crippen LogP contribution in [-0.4, -0.2) is 17.9 Å². The van der Waals surface area contributed by atoms with Crippen molar-refractivity contribution in [3.8, 4) is 0 Å². The number of hydrogen-bond acceptors (Lipinski definition) is 2. The molecule has 1 aliphatic rings. The molecule has 2 N–H and O–H groups in total. The van der Waals surface area contributed by atoms with E-state index in [4.69, 9.17) is 11.6 Å². The molecule has 1 fully saturated rings. The monoisotopic (exact) mass is 266 g/mol. The molecule has 0 aliphatic carbocycles. The van der Waals surface area contributed by atoms with Crippen molar-refractivity contribution in [1.29, 1.82) is 0 Å². The standard InChI is InChI=1S/C13H15ClN2O2/c14-10-5-2-1-4-9(10)8-15-13(18)11-6-3-7-12(17)16-11/h1-2,4-5,11H,3,6-8H2,(H,15,18)(H,16,17). The van der Waals surface area contributed by atoms with Crippen molar-refractivity contribution < 1.29 is 9.59 Å². The van der Waals surface area contributed by atoms with Gasteiger partial charge in [0, 0.05) is 18.0 Å². The van der Waals surface area contributed by atoms with Gasteiger partial charge >= 0.3 is 0 Å². The highest BCUT2D eigenvalue weighted by Gasteiger charge is 2.24. The molecular formula is C13H15ClN2O2. The molecular weight excluding hydrogens is 252 g/mol. The highest BCUT2D eigenvalue weighted by molar-refractivity contribution is 6.31. The number of nitrogens with one attached hydrogen (secondary N) is 2.